The number of para-hydroxylation sites is 1. The van der Waals surface area contributed by atoms with Crippen molar-refractivity contribution >= 4 is 17.5 Å². The highest BCUT2D eigenvalue weighted by molar-refractivity contribution is 6.30. The Hall–Kier alpha value is -3.26. The second kappa shape index (κ2) is 9.48. The molecule has 9 heteroatoms. The summed E-state index contributed by atoms with van der Waals surface area (Å²) in [5.41, 5.74) is 1.44. The van der Waals surface area contributed by atoms with Gasteiger partial charge in [-0.3, -0.25) is 9.36 Å². The lowest BCUT2D eigenvalue weighted by Crippen LogP contribution is -2.34. The lowest BCUT2D eigenvalue weighted by atomic mass is 10.1. The molecule has 1 N–H and O–H groups in total. The van der Waals surface area contributed by atoms with E-state index in [-0.39, 0.29) is 24.2 Å². The molecule has 8 nitrogen and oxygen atoms in total. The number of ether oxygens (including phenoxy) is 2. The van der Waals surface area contributed by atoms with Crippen LogP contribution in [0.15, 0.2) is 47.3 Å². The third-order valence-corrected chi connectivity index (χ3v) is 5.63. The van der Waals surface area contributed by atoms with Gasteiger partial charge in [0, 0.05) is 23.2 Å². The summed E-state index contributed by atoms with van der Waals surface area (Å²) in [7, 11) is 3.17. The summed E-state index contributed by atoms with van der Waals surface area (Å²) >= 11 is 5.99. The predicted molar refractivity (Wildman–Crippen MR) is 121 cm³/mol. The predicted octanol–water partition coefficient (Wildman–Crippen LogP) is 3.08. The molecule has 1 amide bonds. The zero-order valence-corrected chi connectivity index (χ0v) is 18.8. The van der Waals surface area contributed by atoms with Gasteiger partial charge in [-0.15, -0.1) is 5.10 Å². The van der Waals surface area contributed by atoms with Crippen LogP contribution in [0.1, 0.15) is 24.4 Å². The molecule has 2 aromatic carbocycles. The van der Waals surface area contributed by atoms with Crippen LogP contribution in [0.4, 0.5) is 0 Å². The first-order chi connectivity index (χ1) is 15.5. The van der Waals surface area contributed by atoms with Crippen molar-refractivity contribution in [2.45, 2.75) is 31.8 Å². The van der Waals surface area contributed by atoms with Gasteiger partial charge in [-0.2, -0.15) is 0 Å². The molecule has 0 unspecified atom stereocenters. The Kier molecular flexibility index (Phi) is 6.50. The Bertz CT molecular complexity index is 1170. The van der Waals surface area contributed by atoms with E-state index in [1.165, 1.54) is 4.68 Å². The summed E-state index contributed by atoms with van der Waals surface area (Å²) in [5.74, 6) is 1.57. The lowest BCUT2D eigenvalue weighted by Gasteiger charge is -2.12. The molecule has 1 heterocycles. The maximum atomic E-state index is 12.9. The average molecular weight is 457 g/mol. The first-order valence-corrected chi connectivity index (χ1v) is 10.8. The molecule has 3 aromatic rings. The molecular weight excluding hydrogens is 432 g/mol. The molecule has 0 radical (unpaired) electrons. The fourth-order valence-electron chi connectivity index (χ4n) is 3.66. The number of rotatable bonds is 9. The van der Waals surface area contributed by atoms with Crippen molar-refractivity contribution in [1.29, 1.82) is 0 Å². The van der Waals surface area contributed by atoms with Gasteiger partial charge in [0.15, 0.2) is 17.3 Å². The number of hydrogen-bond donors (Lipinski definition) is 1. The Morgan fingerprint density at radius 3 is 2.56 bits per heavy atom. The highest BCUT2D eigenvalue weighted by Gasteiger charge is 2.30. The van der Waals surface area contributed by atoms with Crippen LogP contribution >= 0.6 is 11.6 Å². The topological polar surface area (TPSA) is 87.4 Å². The molecule has 0 atom stereocenters. The van der Waals surface area contributed by atoms with E-state index in [0.29, 0.717) is 35.3 Å². The van der Waals surface area contributed by atoms with E-state index in [1.54, 1.807) is 30.9 Å². The van der Waals surface area contributed by atoms with E-state index >= 15 is 0 Å². The van der Waals surface area contributed by atoms with E-state index in [1.807, 2.05) is 30.3 Å². The molecule has 0 saturated heterocycles. The zero-order chi connectivity index (χ0) is 22.7. The summed E-state index contributed by atoms with van der Waals surface area (Å²) in [6.07, 6.45) is 2.43. The SMILES string of the molecule is COc1cccc(CCNC(=O)Cn2nc(-c3ccc(Cl)cc3)n(C3CC3)c2=O)c1OC. The van der Waals surface area contributed by atoms with Crippen molar-refractivity contribution in [3.05, 3.63) is 63.5 Å². The fourth-order valence-corrected chi connectivity index (χ4v) is 3.79. The molecule has 0 bridgehead atoms. The standard InChI is InChI=1S/C23H25ClN4O4/c1-31-19-5-3-4-15(21(19)32-2)12-13-25-20(29)14-27-23(30)28(18-10-11-18)22(26-27)16-6-8-17(24)9-7-16/h3-9,18H,10-14H2,1-2H3,(H,25,29). The van der Waals surface area contributed by atoms with Crippen LogP contribution < -0.4 is 20.5 Å². The van der Waals surface area contributed by atoms with Gasteiger partial charge >= 0.3 is 5.69 Å². The summed E-state index contributed by atoms with van der Waals surface area (Å²) in [6.45, 7) is 0.249. The molecule has 168 valence electrons. The van der Waals surface area contributed by atoms with Gasteiger partial charge < -0.3 is 14.8 Å². The molecule has 32 heavy (non-hydrogen) atoms. The van der Waals surface area contributed by atoms with Crippen LogP contribution in [0.5, 0.6) is 11.5 Å². The average Bonchev–Trinajstić information content (AvgIpc) is 3.58. The monoisotopic (exact) mass is 456 g/mol. The van der Waals surface area contributed by atoms with Crippen molar-refractivity contribution in [3.8, 4) is 22.9 Å². The third-order valence-electron chi connectivity index (χ3n) is 5.38. The van der Waals surface area contributed by atoms with Crippen LogP contribution in [0.25, 0.3) is 11.4 Å². The van der Waals surface area contributed by atoms with Gasteiger partial charge in [0.25, 0.3) is 0 Å². The number of nitrogens with zero attached hydrogens (tertiary/aromatic N) is 3. The molecule has 0 aliphatic heterocycles. The van der Waals surface area contributed by atoms with Crippen molar-refractivity contribution in [2.75, 3.05) is 20.8 Å². The van der Waals surface area contributed by atoms with Crippen molar-refractivity contribution in [1.82, 2.24) is 19.7 Å². The summed E-state index contributed by atoms with van der Waals surface area (Å²) in [5, 5.41) is 7.92. The fraction of sp³-hybridized carbons (Fsp3) is 0.348. The highest BCUT2D eigenvalue weighted by atomic mass is 35.5. The second-order valence-corrected chi connectivity index (χ2v) is 8.06. The van der Waals surface area contributed by atoms with E-state index in [9.17, 15) is 9.59 Å². The molecule has 0 spiro atoms. The number of nitrogens with one attached hydrogen (secondary N) is 1. The van der Waals surface area contributed by atoms with Gasteiger partial charge in [-0.25, -0.2) is 9.48 Å². The van der Waals surface area contributed by atoms with Crippen LogP contribution in [-0.4, -0.2) is 41.0 Å². The maximum absolute atomic E-state index is 12.9. The Morgan fingerprint density at radius 2 is 1.91 bits per heavy atom. The molecule has 1 aromatic heterocycles. The van der Waals surface area contributed by atoms with Gasteiger partial charge in [-0.1, -0.05) is 23.7 Å². The third kappa shape index (κ3) is 4.65. The Labute approximate surface area is 190 Å². The van der Waals surface area contributed by atoms with E-state index in [4.69, 9.17) is 21.1 Å². The molecular formula is C23H25ClN4O4. The minimum absolute atomic E-state index is 0.130. The summed E-state index contributed by atoms with van der Waals surface area (Å²) in [4.78, 5) is 25.4. The minimum Gasteiger partial charge on any atom is -0.493 e. The number of hydrogen-bond acceptors (Lipinski definition) is 5. The summed E-state index contributed by atoms with van der Waals surface area (Å²) in [6, 6.07) is 12.9. The molecule has 1 aliphatic rings. The number of carbonyl (C=O) groups excluding carboxylic acids is 1. The summed E-state index contributed by atoms with van der Waals surface area (Å²) < 4.78 is 13.6. The number of methoxy groups -OCH3 is 2. The van der Waals surface area contributed by atoms with Crippen molar-refractivity contribution in [2.24, 2.45) is 0 Å². The minimum atomic E-state index is -0.280. The number of aromatic nitrogens is 3. The number of amides is 1. The molecule has 4 rings (SSSR count). The van der Waals surface area contributed by atoms with E-state index in [2.05, 4.69) is 10.4 Å². The van der Waals surface area contributed by atoms with Gasteiger partial charge in [0.2, 0.25) is 5.91 Å². The number of halogens is 1. The van der Waals surface area contributed by atoms with Gasteiger partial charge in [0.1, 0.15) is 6.54 Å². The van der Waals surface area contributed by atoms with E-state index in [0.717, 1.165) is 24.0 Å². The van der Waals surface area contributed by atoms with Crippen LogP contribution in [-0.2, 0) is 17.8 Å². The molecule has 1 saturated carbocycles. The normalized spacial score (nSPS) is 13.1. The highest BCUT2D eigenvalue weighted by Crippen LogP contribution is 2.36. The van der Waals surface area contributed by atoms with Crippen molar-refractivity contribution in [3.63, 3.8) is 0 Å². The zero-order valence-electron chi connectivity index (χ0n) is 18.0. The number of benzene rings is 2. The van der Waals surface area contributed by atoms with E-state index < -0.39 is 0 Å². The largest absolute Gasteiger partial charge is 0.493 e. The van der Waals surface area contributed by atoms with Gasteiger partial charge in [0.05, 0.1) is 14.2 Å². The van der Waals surface area contributed by atoms with Crippen LogP contribution in [0.3, 0.4) is 0 Å². The van der Waals surface area contributed by atoms with Crippen molar-refractivity contribution < 1.29 is 14.3 Å². The molecule has 1 aliphatic carbocycles. The number of carbonyl (C=O) groups is 1. The van der Waals surface area contributed by atoms with Gasteiger partial charge in [-0.05, 0) is 55.2 Å². The van der Waals surface area contributed by atoms with Crippen LogP contribution in [0, 0.1) is 0 Å². The lowest BCUT2D eigenvalue weighted by molar-refractivity contribution is -0.121. The van der Waals surface area contributed by atoms with Crippen LogP contribution in [0.2, 0.25) is 5.02 Å². The molecule has 1 fully saturated rings. The first kappa shape index (κ1) is 22.0. The quantitative estimate of drug-likeness (QED) is 0.534. The Morgan fingerprint density at radius 1 is 1.16 bits per heavy atom. The first-order valence-electron chi connectivity index (χ1n) is 10.4. The maximum Gasteiger partial charge on any atom is 0.346 e. The Balaban J connectivity index is 1.44. The second-order valence-electron chi connectivity index (χ2n) is 7.62. The smallest absolute Gasteiger partial charge is 0.346 e.